The normalized spacial score (nSPS) is 14.3. The number of carbonyl (C=O) groups is 1. The molecule has 0 atom stereocenters. The molecule has 23 heavy (non-hydrogen) atoms. The minimum atomic E-state index is -0.471. The van der Waals surface area contributed by atoms with E-state index in [1.807, 2.05) is 6.07 Å². The fraction of sp³-hybridized carbons (Fsp3) is 0.438. The maximum absolute atomic E-state index is 11.8. The van der Waals surface area contributed by atoms with Crippen LogP contribution in [0.1, 0.15) is 16.8 Å². The Bertz CT molecular complexity index is 758. The van der Waals surface area contributed by atoms with Gasteiger partial charge in [-0.3, -0.25) is 4.79 Å². The van der Waals surface area contributed by atoms with Crippen LogP contribution in [0.3, 0.4) is 0 Å². The van der Waals surface area contributed by atoms with E-state index in [0.29, 0.717) is 42.6 Å². The highest BCUT2D eigenvalue weighted by Gasteiger charge is 2.26. The average Bonchev–Trinajstić information content (AvgIpc) is 2.95. The van der Waals surface area contributed by atoms with Crippen LogP contribution >= 0.6 is 23.2 Å². The van der Waals surface area contributed by atoms with Crippen molar-refractivity contribution in [2.24, 2.45) is 0 Å². The van der Waals surface area contributed by atoms with Crippen molar-refractivity contribution in [2.45, 2.75) is 19.4 Å². The molecule has 0 saturated carbocycles. The monoisotopic (exact) mass is 356 g/mol. The molecule has 0 aliphatic carbocycles. The van der Waals surface area contributed by atoms with Gasteiger partial charge in [-0.25, -0.2) is 0 Å². The molecule has 1 aliphatic rings. The molecule has 0 saturated heterocycles. The largest absolute Gasteiger partial charge is 0.387 e. The standard InChI is InChI=1S/C16H18Cl2N2O3/c1-23-5-3-9-6-11(17)15(18)16-14(9)10-7-20(13(22)8-21)4-2-12(10)19-16/h6,19,21H,2-5,7-8H2,1H3. The number of aliphatic hydroxyl groups excluding tert-OH is 1. The summed E-state index contributed by atoms with van der Waals surface area (Å²) in [7, 11) is 1.66. The number of H-pyrrole nitrogens is 1. The van der Waals surface area contributed by atoms with Crippen LogP contribution in [0.15, 0.2) is 6.07 Å². The minimum absolute atomic E-state index is 0.261. The first-order valence-electron chi connectivity index (χ1n) is 7.44. The third-order valence-corrected chi connectivity index (χ3v) is 5.07. The average molecular weight is 357 g/mol. The number of ether oxygens (including phenoxy) is 1. The third-order valence-electron chi connectivity index (χ3n) is 4.29. The number of methoxy groups -OCH3 is 1. The number of carbonyl (C=O) groups excluding carboxylic acids is 1. The molecule has 1 aromatic heterocycles. The molecule has 1 amide bonds. The Labute approximate surface area is 144 Å². The molecule has 2 heterocycles. The van der Waals surface area contributed by atoms with Crippen LogP contribution in [-0.4, -0.2) is 47.8 Å². The Morgan fingerprint density at radius 2 is 2.26 bits per heavy atom. The predicted molar refractivity (Wildman–Crippen MR) is 90.1 cm³/mol. The number of rotatable bonds is 4. The maximum Gasteiger partial charge on any atom is 0.248 e. The number of aromatic amines is 1. The molecule has 1 aliphatic heterocycles. The number of halogens is 2. The number of hydrogen-bond donors (Lipinski definition) is 2. The summed E-state index contributed by atoms with van der Waals surface area (Å²) in [6.45, 7) is 1.15. The Hall–Kier alpha value is -1.27. The van der Waals surface area contributed by atoms with E-state index in [9.17, 15) is 4.79 Å². The first kappa shape index (κ1) is 16.6. The molecular formula is C16H18Cl2N2O3. The molecular weight excluding hydrogens is 339 g/mol. The summed E-state index contributed by atoms with van der Waals surface area (Å²) in [5, 5.41) is 11.1. The molecule has 0 unspecified atom stereocenters. The van der Waals surface area contributed by atoms with Crippen LogP contribution in [0.25, 0.3) is 10.9 Å². The zero-order chi connectivity index (χ0) is 16.6. The highest BCUT2D eigenvalue weighted by molar-refractivity contribution is 6.45. The Kier molecular flexibility index (Phi) is 4.82. The first-order valence-corrected chi connectivity index (χ1v) is 8.20. The molecule has 3 rings (SSSR count). The van der Waals surface area contributed by atoms with E-state index in [1.165, 1.54) is 0 Å². The van der Waals surface area contributed by atoms with E-state index in [-0.39, 0.29) is 5.91 Å². The third kappa shape index (κ3) is 2.94. The molecule has 124 valence electrons. The Balaban J connectivity index is 2.12. The summed E-state index contributed by atoms with van der Waals surface area (Å²) in [4.78, 5) is 16.8. The summed E-state index contributed by atoms with van der Waals surface area (Å²) in [6.07, 6.45) is 1.41. The van der Waals surface area contributed by atoms with Crippen LogP contribution in [-0.2, 0) is 28.9 Å². The molecule has 5 nitrogen and oxygen atoms in total. The van der Waals surface area contributed by atoms with Gasteiger partial charge in [-0.1, -0.05) is 23.2 Å². The summed E-state index contributed by atoms with van der Waals surface area (Å²) in [5.41, 5.74) is 3.99. The second-order valence-electron chi connectivity index (χ2n) is 5.63. The van der Waals surface area contributed by atoms with Gasteiger partial charge in [-0.15, -0.1) is 0 Å². The lowest BCUT2D eigenvalue weighted by Crippen LogP contribution is -2.37. The zero-order valence-electron chi connectivity index (χ0n) is 12.8. The number of fused-ring (bicyclic) bond motifs is 3. The molecule has 1 aromatic carbocycles. The second-order valence-corrected chi connectivity index (χ2v) is 6.41. The molecule has 0 bridgehead atoms. The van der Waals surface area contributed by atoms with Gasteiger partial charge in [0.2, 0.25) is 5.91 Å². The minimum Gasteiger partial charge on any atom is -0.387 e. The van der Waals surface area contributed by atoms with E-state index < -0.39 is 6.61 Å². The number of amides is 1. The van der Waals surface area contributed by atoms with Crippen molar-refractivity contribution in [2.75, 3.05) is 26.9 Å². The van der Waals surface area contributed by atoms with Crippen molar-refractivity contribution >= 4 is 40.0 Å². The summed E-state index contributed by atoms with van der Waals surface area (Å²) in [6, 6.07) is 1.87. The number of nitrogens with one attached hydrogen (secondary N) is 1. The van der Waals surface area contributed by atoms with E-state index >= 15 is 0 Å². The summed E-state index contributed by atoms with van der Waals surface area (Å²) < 4.78 is 5.18. The fourth-order valence-electron chi connectivity index (χ4n) is 3.14. The number of aromatic nitrogens is 1. The Morgan fingerprint density at radius 3 is 2.96 bits per heavy atom. The van der Waals surface area contributed by atoms with Crippen molar-refractivity contribution in [3.63, 3.8) is 0 Å². The molecule has 2 N–H and O–H groups in total. The van der Waals surface area contributed by atoms with Crippen LogP contribution < -0.4 is 0 Å². The van der Waals surface area contributed by atoms with E-state index in [0.717, 1.165) is 27.7 Å². The number of benzene rings is 1. The van der Waals surface area contributed by atoms with Crippen LogP contribution in [0.5, 0.6) is 0 Å². The van der Waals surface area contributed by atoms with Crippen molar-refractivity contribution < 1.29 is 14.6 Å². The second kappa shape index (κ2) is 6.69. The number of hydrogen-bond acceptors (Lipinski definition) is 3. The van der Waals surface area contributed by atoms with Crippen molar-refractivity contribution in [1.29, 1.82) is 0 Å². The lowest BCUT2D eigenvalue weighted by Gasteiger charge is -2.27. The topological polar surface area (TPSA) is 65.6 Å². The van der Waals surface area contributed by atoms with Gasteiger partial charge in [0.05, 0.1) is 22.2 Å². The smallest absolute Gasteiger partial charge is 0.248 e. The predicted octanol–water partition coefficient (Wildman–Crippen LogP) is 2.54. The van der Waals surface area contributed by atoms with Gasteiger partial charge in [0, 0.05) is 43.3 Å². The Morgan fingerprint density at radius 1 is 1.48 bits per heavy atom. The number of nitrogens with zero attached hydrogens (tertiary/aromatic N) is 1. The molecule has 7 heteroatoms. The van der Waals surface area contributed by atoms with Crippen LogP contribution in [0.2, 0.25) is 10.0 Å². The SMILES string of the molecule is COCCc1cc(Cl)c(Cl)c2[nH]c3c(c12)CN(C(=O)CO)CC3. The van der Waals surface area contributed by atoms with Gasteiger partial charge in [0.25, 0.3) is 0 Å². The van der Waals surface area contributed by atoms with E-state index in [1.54, 1.807) is 12.0 Å². The molecule has 2 aromatic rings. The fourth-order valence-corrected chi connectivity index (χ4v) is 3.57. The lowest BCUT2D eigenvalue weighted by atomic mass is 9.99. The quantitative estimate of drug-likeness (QED) is 0.884. The van der Waals surface area contributed by atoms with Gasteiger partial charge >= 0.3 is 0 Å². The molecule has 0 fully saturated rings. The zero-order valence-corrected chi connectivity index (χ0v) is 14.3. The van der Waals surface area contributed by atoms with Gasteiger partial charge in [-0.05, 0) is 18.1 Å². The number of aliphatic hydroxyl groups is 1. The molecule has 0 spiro atoms. The van der Waals surface area contributed by atoms with Crippen LogP contribution in [0.4, 0.5) is 0 Å². The van der Waals surface area contributed by atoms with Crippen molar-refractivity contribution in [3.8, 4) is 0 Å². The van der Waals surface area contributed by atoms with E-state index in [4.69, 9.17) is 33.0 Å². The van der Waals surface area contributed by atoms with Crippen LogP contribution in [0, 0.1) is 0 Å². The van der Waals surface area contributed by atoms with Crippen molar-refractivity contribution in [1.82, 2.24) is 9.88 Å². The van der Waals surface area contributed by atoms with Gasteiger partial charge in [0.15, 0.2) is 0 Å². The highest BCUT2D eigenvalue weighted by atomic mass is 35.5. The van der Waals surface area contributed by atoms with Gasteiger partial charge < -0.3 is 19.7 Å². The van der Waals surface area contributed by atoms with Crippen molar-refractivity contribution in [3.05, 3.63) is 32.9 Å². The highest BCUT2D eigenvalue weighted by Crippen LogP contribution is 2.38. The summed E-state index contributed by atoms with van der Waals surface area (Å²) in [5.74, 6) is -0.261. The maximum atomic E-state index is 11.8. The first-order chi connectivity index (χ1) is 11.1. The van der Waals surface area contributed by atoms with E-state index in [2.05, 4.69) is 4.98 Å². The molecule has 0 radical (unpaired) electrons. The summed E-state index contributed by atoms with van der Waals surface area (Å²) >= 11 is 12.6. The lowest BCUT2D eigenvalue weighted by molar-refractivity contribution is -0.135. The van der Waals surface area contributed by atoms with Gasteiger partial charge in [-0.2, -0.15) is 0 Å². The van der Waals surface area contributed by atoms with Gasteiger partial charge in [0.1, 0.15) is 6.61 Å².